The average Bonchev–Trinajstić information content (AvgIpc) is 3.51. The van der Waals surface area contributed by atoms with Crippen LogP contribution in [0.1, 0.15) is 34.8 Å². The lowest BCUT2D eigenvalue weighted by Crippen LogP contribution is -2.49. The highest BCUT2D eigenvalue weighted by Crippen LogP contribution is 2.44. The zero-order valence-electron chi connectivity index (χ0n) is 27.3. The van der Waals surface area contributed by atoms with Crippen LogP contribution in [0.5, 0.6) is 28.7 Å². The Morgan fingerprint density at radius 1 is 0.875 bits per heavy atom. The number of aliphatic hydroxyl groups is 1. The maximum atomic E-state index is 14.8. The van der Waals surface area contributed by atoms with Crippen LogP contribution >= 0.6 is 15.9 Å². The van der Waals surface area contributed by atoms with Gasteiger partial charge in [-0.2, -0.15) is 0 Å². The first-order valence-electron chi connectivity index (χ1n) is 15.4. The lowest BCUT2D eigenvalue weighted by molar-refractivity contribution is -0.129. The van der Waals surface area contributed by atoms with E-state index in [1.165, 1.54) is 0 Å². The second kappa shape index (κ2) is 15.9. The number of aliphatic hydroxyl groups excluding tert-OH is 1. The molecule has 48 heavy (non-hydrogen) atoms. The van der Waals surface area contributed by atoms with Crippen molar-refractivity contribution in [2.24, 2.45) is 4.99 Å². The third-order valence-electron chi connectivity index (χ3n) is 8.06. The van der Waals surface area contributed by atoms with Crippen molar-refractivity contribution in [3.05, 3.63) is 112 Å². The van der Waals surface area contributed by atoms with Gasteiger partial charge in [-0.15, -0.1) is 0 Å². The van der Waals surface area contributed by atoms with E-state index in [0.717, 1.165) is 15.6 Å². The molecule has 0 spiro atoms. The van der Waals surface area contributed by atoms with Crippen molar-refractivity contribution in [2.75, 3.05) is 41.7 Å². The van der Waals surface area contributed by atoms with E-state index >= 15 is 0 Å². The minimum Gasteiger partial charge on any atom is -0.497 e. The quantitative estimate of drug-likeness (QED) is 0.143. The van der Waals surface area contributed by atoms with Gasteiger partial charge in [0.15, 0.2) is 11.6 Å². The minimum atomic E-state index is -1.43. The fourth-order valence-corrected chi connectivity index (χ4v) is 5.84. The number of nitrogens with zero attached hydrogens (tertiary/aromatic N) is 1. The number of aliphatic imine (C=N–C) groups is 1. The van der Waals surface area contributed by atoms with Gasteiger partial charge in [-0.1, -0.05) is 40.2 Å². The number of hydrogen-bond donors (Lipinski definition) is 2. The van der Waals surface area contributed by atoms with Crippen molar-refractivity contribution >= 4 is 27.7 Å². The standard InChI is InChI=1S/C37H39BrN2O8/c1-43-29-8-5-7-26(19-29)34-37(22-24-9-13-27(38)14-10-24,40-35(48-34)25-11-15-28(16-12-25)47-18-6-17-41)36(42)39-23-31-32(45-3)20-30(44-2)21-33(31)46-4/h5,7-16,19-21,34,41H,6,17-18,22-23H2,1-4H3,(H,39,42)/t34-,37-/m1/s1. The number of ether oxygens (including phenoxy) is 6. The highest BCUT2D eigenvalue weighted by atomic mass is 79.9. The van der Waals surface area contributed by atoms with Crippen LogP contribution in [0.4, 0.5) is 0 Å². The normalized spacial score (nSPS) is 16.8. The molecule has 10 nitrogen and oxygen atoms in total. The Labute approximate surface area is 288 Å². The second-order valence-electron chi connectivity index (χ2n) is 11.1. The number of halogens is 1. The molecule has 5 rings (SSSR count). The molecule has 0 radical (unpaired) electrons. The Morgan fingerprint density at radius 2 is 1.56 bits per heavy atom. The molecule has 2 atom stereocenters. The van der Waals surface area contributed by atoms with Crippen LogP contribution in [0, 0.1) is 0 Å². The molecule has 1 aliphatic heterocycles. The number of hydrogen-bond acceptors (Lipinski definition) is 9. The maximum Gasteiger partial charge on any atom is 0.252 e. The van der Waals surface area contributed by atoms with Crippen LogP contribution in [0.15, 0.2) is 94.4 Å². The molecule has 2 N–H and O–H groups in total. The number of rotatable bonds is 15. The van der Waals surface area contributed by atoms with Gasteiger partial charge in [-0.3, -0.25) is 4.79 Å². The molecule has 252 valence electrons. The number of benzene rings is 4. The Balaban J connectivity index is 1.59. The fourth-order valence-electron chi connectivity index (χ4n) is 5.57. The monoisotopic (exact) mass is 718 g/mol. The van der Waals surface area contributed by atoms with E-state index in [2.05, 4.69) is 21.2 Å². The SMILES string of the molecule is COc1cccc([C@H]2OC(c3ccc(OCCCO)cc3)=N[C@@]2(Cc2ccc(Br)cc2)C(=O)NCc2c(OC)cc(OC)cc2OC)c1. The number of nitrogens with one attached hydrogen (secondary N) is 1. The molecule has 4 aromatic carbocycles. The second-order valence-corrected chi connectivity index (χ2v) is 12.0. The summed E-state index contributed by atoms with van der Waals surface area (Å²) in [5.74, 6) is 2.81. The lowest BCUT2D eigenvalue weighted by Gasteiger charge is -2.31. The Morgan fingerprint density at radius 3 is 2.19 bits per heavy atom. The number of carbonyl (C=O) groups excluding carboxylic acids is 1. The third kappa shape index (κ3) is 7.69. The number of methoxy groups -OCH3 is 4. The van der Waals surface area contributed by atoms with Gasteiger partial charge in [0, 0.05) is 41.6 Å². The molecule has 0 saturated carbocycles. The van der Waals surface area contributed by atoms with Gasteiger partial charge in [-0.05, 0) is 59.7 Å². The molecule has 0 fully saturated rings. The molecule has 1 heterocycles. The van der Waals surface area contributed by atoms with E-state index in [1.54, 1.807) is 40.6 Å². The zero-order chi connectivity index (χ0) is 34.1. The Kier molecular flexibility index (Phi) is 11.5. The van der Waals surface area contributed by atoms with Crippen molar-refractivity contribution in [1.82, 2.24) is 5.32 Å². The highest BCUT2D eigenvalue weighted by Gasteiger charge is 2.53. The molecular formula is C37H39BrN2O8. The summed E-state index contributed by atoms with van der Waals surface area (Å²) in [6.45, 7) is 0.535. The van der Waals surface area contributed by atoms with Crippen molar-refractivity contribution in [3.8, 4) is 28.7 Å². The smallest absolute Gasteiger partial charge is 0.252 e. The van der Waals surface area contributed by atoms with Crippen LogP contribution in [0.25, 0.3) is 0 Å². The minimum absolute atomic E-state index is 0.0505. The molecule has 0 saturated heterocycles. The molecule has 0 aromatic heterocycles. The summed E-state index contributed by atoms with van der Waals surface area (Å²) < 4.78 is 35.6. The highest BCUT2D eigenvalue weighted by molar-refractivity contribution is 9.10. The van der Waals surface area contributed by atoms with Gasteiger partial charge >= 0.3 is 0 Å². The predicted molar refractivity (Wildman–Crippen MR) is 186 cm³/mol. The van der Waals surface area contributed by atoms with Gasteiger partial charge in [-0.25, -0.2) is 4.99 Å². The van der Waals surface area contributed by atoms with Crippen LogP contribution in [0.3, 0.4) is 0 Å². The van der Waals surface area contributed by atoms with Gasteiger partial charge < -0.3 is 38.8 Å². The summed E-state index contributed by atoms with van der Waals surface area (Å²) in [6.07, 6.45) is -0.0512. The van der Waals surface area contributed by atoms with Gasteiger partial charge in [0.1, 0.15) is 28.7 Å². The first-order chi connectivity index (χ1) is 23.3. The maximum absolute atomic E-state index is 14.8. The van der Waals surface area contributed by atoms with E-state index in [-0.39, 0.29) is 25.5 Å². The molecule has 0 bridgehead atoms. The van der Waals surface area contributed by atoms with Crippen molar-refractivity contribution < 1.29 is 38.3 Å². The van der Waals surface area contributed by atoms with Gasteiger partial charge in [0.25, 0.3) is 5.91 Å². The van der Waals surface area contributed by atoms with E-state index in [4.69, 9.17) is 38.5 Å². The van der Waals surface area contributed by atoms with Crippen molar-refractivity contribution in [2.45, 2.75) is 31.0 Å². The van der Waals surface area contributed by atoms with Crippen molar-refractivity contribution in [3.63, 3.8) is 0 Å². The molecular weight excluding hydrogens is 680 g/mol. The van der Waals surface area contributed by atoms with Crippen LogP contribution in [-0.2, 0) is 22.5 Å². The predicted octanol–water partition coefficient (Wildman–Crippen LogP) is 6.06. The molecule has 1 amide bonds. The van der Waals surface area contributed by atoms with E-state index < -0.39 is 11.6 Å². The summed E-state index contributed by atoms with van der Waals surface area (Å²) in [5, 5.41) is 12.2. The van der Waals surface area contributed by atoms with Gasteiger partial charge in [0.2, 0.25) is 5.90 Å². The molecule has 1 aliphatic rings. The van der Waals surface area contributed by atoms with Crippen LogP contribution in [-0.4, -0.2) is 64.1 Å². The zero-order valence-corrected chi connectivity index (χ0v) is 28.9. The first kappa shape index (κ1) is 34.6. The molecule has 11 heteroatoms. The van der Waals surface area contributed by atoms with E-state index in [1.807, 2.05) is 72.8 Å². The van der Waals surface area contributed by atoms with Crippen LogP contribution < -0.4 is 29.0 Å². The largest absolute Gasteiger partial charge is 0.497 e. The molecule has 0 unspecified atom stereocenters. The molecule has 4 aromatic rings. The molecule has 0 aliphatic carbocycles. The number of carbonyl (C=O) groups is 1. The summed E-state index contributed by atoms with van der Waals surface area (Å²) >= 11 is 3.52. The van der Waals surface area contributed by atoms with Crippen LogP contribution in [0.2, 0.25) is 0 Å². The Hall–Kier alpha value is -4.74. The topological polar surface area (TPSA) is 117 Å². The third-order valence-corrected chi connectivity index (χ3v) is 8.58. The fraction of sp³-hybridized carbons (Fsp3) is 0.297. The Bertz CT molecular complexity index is 1700. The number of amides is 1. The van der Waals surface area contributed by atoms with E-state index in [0.29, 0.717) is 58.8 Å². The summed E-state index contributed by atoms with van der Waals surface area (Å²) in [7, 11) is 6.27. The summed E-state index contributed by atoms with van der Waals surface area (Å²) in [6, 6.07) is 26.1. The van der Waals surface area contributed by atoms with E-state index in [9.17, 15) is 4.79 Å². The van der Waals surface area contributed by atoms with Crippen molar-refractivity contribution in [1.29, 1.82) is 0 Å². The lowest BCUT2D eigenvalue weighted by atomic mass is 9.82. The van der Waals surface area contributed by atoms with Gasteiger partial charge in [0.05, 0.1) is 47.2 Å². The summed E-state index contributed by atoms with van der Waals surface area (Å²) in [5.41, 5.74) is 1.51. The first-order valence-corrected chi connectivity index (χ1v) is 16.2. The average molecular weight is 720 g/mol. The summed E-state index contributed by atoms with van der Waals surface area (Å²) in [4.78, 5) is 19.9.